The van der Waals surface area contributed by atoms with E-state index in [-0.39, 0.29) is 34.1 Å². The second-order valence-electron chi connectivity index (χ2n) is 2.77. The van der Waals surface area contributed by atoms with Gasteiger partial charge in [-0.25, -0.2) is 9.97 Å². The maximum absolute atomic E-state index is 11.6. The van der Waals surface area contributed by atoms with E-state index in [2.05, 4.69) is 25.3 Å². The van der Waals surface area contributed by atoms with E-state index in [0.29, 0.717) is 0 Å². The van der Waals surface area contributed by atoms with E-state index in [4.69, 9.17) is 28.9 Å². The lowest BCUT2D eigenvalue weighted by molar-refractivity contribution is 1.04. The molecule has 84 valence electrons. The zero-order valence-corrected chi connectivity index (χ0v) is 9.30. The van der Waals surface area contributed by atoms with Gasteiger partial charge in [-0.2, -0.15) is 4.98 Å². The lowest BCUT2D eigenvalue weighted by Crippen LogP contribution is -2.18. The predicted octanol–water partition coefficient (Wildman–Crippen LogP) is 0.348. The van der Waals surface area contributed by atoms with Crippen molar-refractivity contribution in [2.24, 2.45) is 5.73 Å². The molecule has 0 amide bonds. The van der Waals surface area contributed by atoms with Crippen molar-refractivity contribution in [3.05, 3.63) is 20.7 Å². The van der Waals surface area contributed by atoms with Crippen LogP contribution in [-0.2, 0) is 0 Å². The number of nitrogens with one attached hydrogen (secondary N) is 2. The van der Waals surface area contributed by atoms with Crippen molar-refractivity contribution in [2.75, 3.05) is 12.0 Å². The second kappa shape index (κ2) is 4.20. The average molecular weight is 261 g/mol. The lowest BCUT2D eigenvalue weighted by atomic mass is 10.5. The number of H-pyrrole nitrogens is 1. The number of fused-ring (bicyclic) bond motifs is 1. The molecular weight excluding hydrogens is 255 g/mol. The summed E-state index contributed by atoms with van der Waals surface area (Å²) in [6.07, 6.45) is 0. The van der Waals surface area contributed by atoms with E-state index in [1.165, 1.54) is 0 Å². The van der Waals surface area contributed by atoms with Gasteiger partial charge in [0.2, 0.25) is 5.95 Å². The van der Waals surface area contributed by atoms with E-state index < -0.39 is 5.56 Å². The predicted molar refractivity (Wildman–Crippen MR) is 60.7 cm³/mol. The highest BCUT2D eigenvalue weighted by Gasteiger charge is 2.10. The smallest absolute Gasteiger partial charge is 0.280 e. The Hall–Kier alpha value is -1.44. The Morgan fingerprint density at radius 1 is 1.25 bits per heavy atom. The van der Waals surface area contributed by atoms with Crippen LogP contribution >= 0.6 is 23.2 Å². The minimum Gasteiger partial charge on any atom is -0.343 e. The molecule has 2 aromatic rings. The van der Waals surface area contributed by atoms with Gasteiger partial charge in [0, 0.05) is 0 Å². The minimum atomic E-state index is -0.466. The van der Waals surface area contributed by atoms with Crippen LogP contribution in [0.25, 0.3) is 11.2 Å². The van der Waals surface area contributed by atoms with Crippen LogP contribution in [0, 0.1) is 0 Å². The van der Waals surface area contributed by atoms with Gasteiger partial charge in [0.05, 0.1) is 6.67 Å². The molecule has 0 unspecified atom stereocenters. The van der Waals surface area contributed by atoms with E-state index in [1.54, 1.807) is 0 Å². The third-order valence-corrected chi connectivity index (χ3v) is 2.35. The minimum absolute atomic E-state index is 0.00837. The number of nitrogens with two attached hydrogens (primary N) is 1. The topological polar surface area (TPSA) is 110 Å². The van der Waals surface area contributed by atoms with Crippen LogP contribution in [0.2, 0.25) is 10.3 Å². The molecule has 0 atom stereocenters. The van der Waals surface area contributed by atoms with Crippen molar-refractivity contribution >= 4 is 40.3 Å². The van der Waals surface area contributed by atoms with Gasteiger partial charge in [-0.1, -0.05) is 23.2 Å². The molecule has 0 fully saturated rings. The first kappa shape index (κ1) is 11.1. The van der Waals surface area contributed by atoms with E-state index in [1.807, 2.05) is 0 Å². The number of nitrogens with zero attached hydrogens (tertiary/aromatic N) is 3. The third kappa shape index (κ3) is 1.92. The molecule has 0 aliphatic rings. The summed E-state index contributed by atoms with van der Waals surface area (Å²) in [4.78, 5) is 25.6. The Bertz CT molecular complexity index is 597. The first-order valence-electron chi connectivity index (χ1n) is 4.19. The van der Waals surface area contributed by atoms with E-state index in [9.17, 15) is 4.79 Å². The molecule has 0 radical (unpaired) electrons. The molecule has 2 heterocycles. The maximum Gasteiger partial charge on any atom is 0.280 e. The molecule has 0 saturated carbocycles. The molecule has 0 saturated heterocycles. The zero-order valence-electron chi connectivity index (χ0n) is 7.79. The zero-order chi connectivity index (χ0) is 11.7. The molecule has 0 spiro atoms. The summed E-state index contributed by atoms with van der Waals surface area (Å²) < 4.78 is 0. The standard InChI is InChI=1S/C7H6Cl2N6O/c8-3-4(9)13-5-2(12-3)6(16)15-7(14-5)11-1-10/h1,10H2,(H2,11,13,14,15,16). The monoisotopic (exact) mass is 260 g/mol. The lowest BCUT2D eigenvalue weighted by Gasteiger charge is -2.03. The van der Waals surface area contributed by atoms with Crippen molar-refractivity contribution < 1.29 is 0 Å². The maximum atomic E-state index is 11.6. The number of hydrogen-bond acceptors (Lipinski definition) is 6. The first-order chi connectivity index (χ1) is 7.61. The van der Waals surface area contributed by atoms with Crippen LogP contribution in [0.1, 0.15) is 0 Å². The molecule has 4 N–H and O–H groups in total. The summed E-state index contributed by atoms with van der Waals surface area (Å²) in [7, 11) is 0. The summed E-state index contributed by atoms with van der Waals surface area (Å²) in [5.41, 5.74) is 4.92. The molecular formula is C7H6Cl2N6O. The molecule has 0 aliphatic carbocycles. The number of aromatic nitrogens is 4. The summed E-state index contributed by atoms with van der Waals surface area (Å²) in [6, 6.07) is 0. The fraction of sp³-hybridized carbons (Fsp3) is 0.143. The largest absolute Gasteiger partial charge is 0.343 e. The Labute approximate surface area is 99.0 Å². The van der Waals surface area contributed by atoms with Gasteiger partial charge in [-0.15, -0.1) is 0 Å². The first-order valence-corrected chi connectivity index (χ1v) is 4.94. The average Bonchev–Trinajstić information content (AvgIpc) is 2.22. The molecule has 9 heteroatoms. The Morgan fingerprint density at radius 3 is 2.62 bits per heavy atom. The van der Waals surface area contributed by atoms with Gasteiger partial charge in [0.15, 0.2) is 21.5 Å². The molecule has 7 nitrogen and oxygen atoms in total. The summed E-state index contributed by atoms with van der Waals surface area (Å²) in [5.74, 6) is 0.202. The SMILES string of the molecule is NCNc1nc2nc(Cl)c(Cl)nc2c(=O)[nH]1. The molecule has 0 bridgehead atoms. The number of rotatable bonds is 2. The molecule has 0 aliphatic heterocycles. The fourth-order valence-corrected chi connectivity index (χ4v) is 1.35. The van der Waals surface area contributed by atoms with E-state index in [0.717, 1.165) is 0 Å². The van der Waals surface area contributed by atoms with Crippen molar-refractivity contribution in [2.45, 2.75) is 0 Å². The van der Waals surface area contributed by atoms with Crippen molar-refractivity contribution in [3.8, 4) is 0 Å². The van der Waals surface area contributed by atoms with Crippen LogP contribution < -0.4 is 16.6 Å². The van der Waals surface area contributed by atoms with Crippen LogP contribution in [0.4, 0.5) is 5.95 Å². The number of anilines is 1. The van der Waals surface area contributed by atoms with Gasteiger partial charge < -0.3 is 11.1 Å². The summed E-state index contributed by atoms with van der Waals surface area (Å²) >= 11 is 11.3. The molecule has 2 aromatic heterocycles. The van der Waals surface area contributed by atoms with Crippen LogP contribution in [0.15, 0.2) is 4.79 Å². The Kier molecular flexibility index (Phi) is 2.90. The molecule has 2 rings (SSSR count). The Balaban J connectivity index is 2.72. The van der Waals surface area contributed by atoms with Gasteiger partial charge >= 0.3 is 0 Å². The van der Waals surface area contributed by atoms with Gasteiger partial charge in [0.1, 0.15) is 0 Å². The highest BCUT2D eigenvalue weighted by Crippen LogP contribution is 2.18. The Morgan fingerprint density at radius 2 is 1.94 bits per heavy atom. The highest BCUT2D eigenvalue weighted by atomic mass is 35.5. The number of halogens is 2. The van der Waals surface area contributed by atoms with Crippen molar-refractivity contribution in [3.63, 3.8) is 0 Å². The normalized spacial score (nSPS) is 10.7. The van der Waals surface area contributed by atoms with Gasteiger partial charge in [-0.3, -0.25) is 9.78 Å². The fourth-order valence-electron chi connectivity index (χ4n) is 1.10. The second-order valence-corrected chi connectivity index (χ2v) is 3.49. The number of aromatic amines is 1. The third-order valence-electron chi connectivity index (χ3n) is 1.73. The van der Waals surface area contributed by atoms with Crippen LogP contribution in [0.5, 0.6) is 0 Å². The molecule has 0 aromatic carbocycles. The molecule has 16 heavy (non-hydrogen) atoms. The summed E-state index contributed by atoms with van der Waals surface area (Å²) in [6.45, 7) is 0.128. The van der Waals surface area contributed by atoms with Crippen molar-refractivity contribution in [1.82, 2.24) is 19.9 Å². The van der Waals surface area contributed by atoms with Crippen LogP contribution in [-0.4, -0.2) is 26.6 Å². The van der Waals surface area contributed by atoms with Crippen molar-refractivity contribution in [1.29, 1.82) is 0 Å². The van der Waals surface area contributed by atoms with Gasteiger partial charge in [0.25, 0.3) is 5.56 Å². The number of hydrogen-bond donors (Lipinski definition) is 3. The summed E-state index contributed by atoms with van der Waals surface area (Å²) in [5, 5.41) is 2.59. The van der Waals surface area contributed by atoms with Crippen LogP contribution in [0.3, 0.4) is 0 Å². The van der Waals surface area contributed by atoms with Gasteiger partial charge in [-0.05, 0) is 0 Å². The quantitative estimate of drug-likeness (QED) is 0.673. The highest BCUT2D eigenvalue weighted by molar-refractivity contribution is 6.40. The van der Waals surface area contributed by atoms with E-state index >= 15 is 0 Å².